The Morgan fingerprint density at radius 3 is 2.64 bits per heavy atom. The average Bonchev–Trinajstić information content (AvgIpc) is 2.61. The number of halogens is 1. The largest absolute Gasteiger partial charge is 0.493 e. The second-order valence-electron chi connectivity index (χ2n) is 6.81. The summed E-state index contributed by atoms with van der Waals surface area (Å²) in [6.45, 7) is 7.75. The maximum Gasteiger partial charge on any atom is 0.251 e. The summed E-state index contributed by atoms with van der Waals surface area (Å²) in [5.41, 5.74) is 0.779. The fraction of sp³-hybridized carbons (Fsp3) is 0.632. The van der Waals surface area contributed by atoms with Crippen LogP contribution in [-0.4, -0.2) is 39.3 Å². The smallest absolute Gasteiger partial charge is 0.251 e. The van der Waals surface area contributed by atoms with E-state index in [9.17, 15) is 4.79 Å². The lowest BCUT2D eigenvalue weighted by molar-refractivity contribution is 0.0922. The molecule has 0 saturated carbocycles. The number of amides is 1. The molecule has 1 heterocycles. The first-order valence-electron chi connectivity index (χ1n) is 8.88. The summed E-state index contributed by atoms with van der Waals surface area (Å²) in [6, 6.07) is 5.36. The Morgan fingerprint density at radius 1 is 1.28 bits per heavy atom. The van der Waals surface area contributed by atoms with Crippen LogP contribution >= 0.6 is 12.4 Å². The molecule has 2 N–H and O–H groups in total. The van der Waals surface area contributed by atoms with E-state index in [0.717, 1.165) is 38.8 Å². The van der Waals surface area contributed by atoms with Gasteiger partial charge < -0.3 is 20.1 Å². The van der Waals surface area contributed by atoms with E-state index in [1.165, 1.54) is 0 Å². The van der Waals surface area contributed by atoms with E-state index >= 15 is 0 Å². The predicted octanol–water partition coefficient (Wildman–Crippen LogP) is 3.42. The molecule has 1 aromatic rings. The summed E-state index contributed by atoms with van der Waals surface area (Å²) in [5, 5.41) is 6.43. The lowest BCUT2D eigenvalue weighted by Gasteiger charge is -2.34. The molecule has 6 heteroatoms. The van der Waals surface area contributed by atoms with Crippen LogP contribution < -0.4 is 20.1 Å². The zero-order valence-corrected chi connectivity index (χ0v) is 16.3. The van der Waals surface area contributed by atoms with E-state index in [4.69, 9.17) is 9.47 Å². The molecule has 1 amide bonds. The summed E-state index contributed by atoms with van der Waals surface area (Å²) >= 11 is 0. The molecule has 1 saturated heterocycles. The number of carbonyl (C=O) groups is 1. The van der Waals surface area contributed by atoms with Crippen molar-refractivity contribution in [3.05, 3.63) is 23.8 Å². The van der Waals surface area contributed by atoms with E-state index < -0.39 is 0 Å². The SMILES string of the molecule is CCCCOc1ccc(C(=O)NCC2(C)CCNCC2)cc1OC.Cl. The predicted molar refractivity (Wildman–Crippen MR) is 103 cm³/mol. The first-order valence-corrected chi connectivity index (χ1v) is 8.88. The summed E-state index contributed by atoms with van der Waals surface area (Å²) in [7, 11) is 1.60. The van der Waals surface area contributed by atoms with Crippen LogP contribution in [0.15, 0.2) is 18.2 Å². The third kappa shape index (κ3) is 6.40. The van der Waals surface area contributed by atoms with Crippen molar-refractivity contribution in [3.63, 3.8) is 0 Å². The number of hydrogen-bond acceptors (Lipinski definition) is 4. The molecule has 0 radical (unpaired) electrons. The van der Waals surface area contributed by atoms with Crippen molar-refractivity contribution >= 4 is 18.3 Å². The van der Waals surface area contributed by atoms with E-state index in [1.807, 2.05) is 6.07 Å². The van der Waals surface area contributed by atoms with Gasteiger partial charge in [-0.3, -0.25) is 4.79 Å². The minimum Gasteiger partial charge on any atom is -0.493 e. The van der Waals surface area contributed by atoms with E-state index in [0.29, 0.717) is 30.2 Å². The van der Waals surface area contributed by atoms with Gasteiger partial charge in [-0.25, -0.2) is 0 Å². The Morgan fingerprint density at radius 2 is 2.00 bits per heavy atom. The zero-order chi connectivity index (χ0) is 17.4. The molecule has 142 valence electrons. The van der Waals surface area contributed by atoms with Gasteiger partial charge in [-0.1, -0.05) is 20.3 Å². The fourth-order valence-electron chi connectivity index (χ4n) is 2.86. The number of ether oxygens (including phenoxy) is 2. The quantitative estimate of drug-likeness (QED) is 0.688. The van der Waals surface area contributed by atoms with Crippen LogP contribution in [0.5, 0.6) is 11.5 Å². The van der Waals surface area contributed by atoms with Gasteiger partial charge in [0.1, 0.15) is 0 Å². The minimum absolute atomic E-state index is 0. The van der Waals surface area contributed by atoms with E-state index in [-0.39, 0.29) is 23.7 Å². The molecule has 1 aliphatic heterocycles. The molecule has 2 rings (SSSR count). The molecule has 0 atom stereocenters. The number of hydrogen-bond donors (Lipinski definition) is 2. The first kappa shape index (κ1) is 21.6. The number of nitrogens with one attached hydrogen (secondary N) is 2. The summed E-state index contributed by atoms with van der Waals surface area (Å²) in [5.74, 6) is 1.23. The van der Waals surface area contributed by atoms with Crippen molar-refractivity contribution in [2.45, 2.75) is 39.5 Å². The highest BCUT2D eigenvalue weighted by Crippen LogP contribution is 2.29. The highest BCUT2D eigenvalue weighted by molar-refractivity contribution is 5.94. The van der Waals surface area contributed by atoms with E-state index in [2.05, 4.69) is 24.5 Å². The van der Waals surface area contributed by atoms with Crippen LogP contribution in [-0.2, 0) is 0 Å². The van der Waals surface area contributed by atoms with Crippen molar-refractivity contribution in [2.24, 2.45) is 5.41 Å². The molecule has 25 heavy (non-hydrogen) atoms. The summed E-state index contributed by atoms with van der Waals surface area (Å²) in [4.78, 5) is 12.4. The van der Waals surface area contributed by atoms with Crippen LogP contribution in [0.1, 0.15) is 49.9 Å². The van der Waals surface area contributed by atoms with Gasteiger partial charge in [-0.2, -0.15) is 0 Å². The van der Waals surface area contributed by atoms with Crippen LogP contribution in [0.25, 0.3) is 0 Å². The lowest BCUT2D eigenvalue weighted by Crippen LogP contribution is -2.42. The van der Waals surface area contributed by atoms with Crippen molar-refractivity contribution in [2.75, 3.05) is 33.4 Å². The van der Waals surface area contributed by atoms with Gasteiger partial charge in [-0.15, -0.1) is 12.4 Å². The summed E-state index contributed by atoms with van der Waals surface area (Å²) < 4.78 is 11.1. The van der Waals surface area contributed by atoms with Crippen LogP contribution in [0.2, 0.25) is 0 Å². The van der Waals surface area contributed by atoms with Crippen molar-refractivity contribution in [1.82, 2.24) is 10.6 Å². The maximum absolute atomic E-state index is 12.4. The van der Waals surface area contributed by atoms with Crippen molar-refractivity contribution in [1.29, 1.82) is 0 Å². The third-order valence-electron chi connectivity index (χ3n) is 4.67. The number of benzene rings is 1. The maximum atomic E-state index is 12.4. The van der Waals surface area contributed by atoms with Gasteiger partial charge in [0.15, 0.2) is 11.5 Å². The number of unbranched alkanes of at least 4 members (excludes halogenated alkanes) is 1. The van der Waals surface area contributed by atoms with Crippen LogP contribution in [0.4, 0.5) is 0 Å². The molecule has 1 fully saturated rings. The molecule has 0 aliphatic carbocycles. The number of rotatable bonds is 8. The normalized spacial score (nSPS) is 15.8. The minimum atomic E-state index is -0.0619. The second kappa shape index (κ2) is 10.5. The number of carbonyl (C=O) groups excluding carboxylic acids is 1. The van der Waals surface area contributed by atoms with Crippen molar-refractivity contribution < 1.29 is 14.3 Å². The molecule has 0 aromatic heterocycles. The van der Waals surface area contributed by atoms with Gasteiger partial charge in [-0.05, 0) is 56.0 Å². The molecule has 0 unspecified atom stereocenters. The molecular weight excluding hydrogens is 340 g/mol. The van der Waals surface area contributed by atoms with Crippen LogP contribution in [0.3, 0.4) is 0 Å². The van der Waals surface area contributed by atoms with E-state index in [1.54, 1.807) is 19.2 Å². The highest BCUT2D eigenvalue weighted by atomic mass is 35.5. The Hall–Kier alpha value is -1.46. The highest BCUT2D eigenvalue weighted by Gasteiger charge is 2.27. The first-order chi connectivity index (χ1) is 11.6. The molecule has 0 bridgehead atoms. The Balaban J connectivity index is 0.00000312. The van der Waals surface area contributed by atoms with Gasteiger partial charge in [0.25, 0.3) is 5.91 Å². The monoisotopic (exact) mass is 370 g/mol. The Kier molecular flexibility index (Phi) is 9.08. The third-order valence-corrected chi connectivity index (χ3v) is 4.67. The second-order valence-corrected chi connectivity index (χ2v) is 6.81. The standard InChI is InChI=1S/C19H30N2O3.ClH/c1-4-5-12-24-16-7-6-15(13-17(16)23-3)18(22)21-14-19(2)8-10-20-11-9-19;/h6-7,13,20H,4-5,8-12,14H2,1-3H3,(H,21,22);1H. The van der Waals surface area contributed by atoms with Gasteiger partial charge in [0.05, 0.1) is 13.7 Å². The molecule has 0 spiro atoms. The van der Waals surface area contributed by atoms with Gasteiger partial charge in [0, 0.05) is 12.1 Å². The topological polar surface area (TPSA) is 59.6 Å². The Bertz CT molecular complexity index is 545. The molecule has 1 aliphatic rings. The van der Waals surface area contributed by atoms with Gasteiger partial charge in [0.2, 0.25) is 0 Å². The number of methoxy groups -OCH3 is 1. The fourth-order valence-corrected chi connectivity index (χ4v) is 2.86. The zero-order valence-electron chi connectivity index (χ0n) is 15.5. The molecule has 5 nitrogen and oxygen atoms in total. The Labute approximate surface area is 157 Å². The lowest BCUT2D eigenvalue weighted by atomic mass is 9.81. The van der Waals surface area contributed by atoms with Crippen molar-refractivity contribution in [3.8, 4) is 11.5 Å². The molecular formula is C19H31ClN2O3. The van der Waals surface area contributed by atoms with Gasteiger partial charge >= 0.3 is 0 Å². The van der Waals surface area contributed by atoms with Crippen LogP contribution in [0, 0.1) is 5.41 Å². The number of piperidine rings is 1. The summed E-state index contributed by atoms with van der Waals surface area (Å²) in [6.07, 6.45) is 4.25. The molecule has 1 aromatic carbocycles. The average molecular weight is 371 g/mol.